The first kappa shape index (κ1) is 54.9. The van der Waals surface area contributed by atoms with E-state index < -0.39 is 0 Å². The SMILES string of the molecule is COC(=O)C=Cc1ccc(OCCCCCCCOCC(COCCCCCCCOc2ccc(C=CC(=O)OC)cc2)OCCCCCCCOc2ccc(C=CC(=O)OC)cc2)cc1. The Bertz CT molecular complexity index is 1710. The Kier molecular flexibility index (Phi) is 30.6. The molecule has 0 unspecified atom stereocenters. The second kappa shape index (κ2) is 36.7. The largest absolute Gasteiger partial charge is 0.494 e. The van der Waals surface area contributed by atoms with Gasteiger partial charge in [0.25, 0.3) is 0 Å². The predicted octanol–water partition coefficient (Wildman–Crippen LogP) is 11.1. The van der Waals surface area contributed by atoms with E-state index in [4.69, 9.17) is 28.4 Å². The fourth-order valence-corrected chi connectivity index (χ4v) is 6.52. The second-order valence-electron chi connectivity index (χ2n) is 15.8. The molecule has 362 valence electrons. The monoisotopic (exact) mass is 915 g/mol. The van der Waals surface area contributed by atoms with Gasteiger partial charge in [0.15, 0.2) is 0 Å². The molecule has 0 amide bonds. The van der Waals surface area contributed by atoms with E-state index in [2.05, 4.69) is 14.2 Å². The number of hydrogen-bond acceptors (Lipinski definition) is 12. The van der Waals surface area contributed by atoms with Crippen molar-refractivity contribution in [3.8, 4) is 17.2 Å². The number of ether oxygens (including phenoxy) is 9. The van der Waals surface area contributed by atoms with Crippen molar-refractivity contribution < 1.29 is 57.0 Å². The molecule has 0 saturated carbocycles. The molecule has 66 heavy (non-hydrogen) atoms. The van der Waals surface area contributed by atoms with Crippen LogP contribution in [0.4, 0.5) is 0 Å². The van der Waals surface area contributed by atoms with Crippen molar-refractivity contribution in [3.63, 3.8) is 0 Å². The highest BCUT2D eigenvalue weighted by Crippen LogP contribution is 2.17. The number of esters is 3. The summed E-state index contributed by atoms with van der Waals surface area (Å²) >= 11 is 0. The smallest absolute Gasteiger partial charge is 0.330 e. The van der Waals surface area contributed by atoms with Crippen LogP contribution in [0.2, 0.25) is 0 Å². The zero-order valence-electron chi connectivity index (χ0n) is 39.6. The predicted molar refractivity (Wildman–Crippen MR) is 260 cm³/mol. The van der Waals surface area contributed by atoms with Crippen LogP contribution in [0, 0.1) is 0 Å². The Morgan fingerprint density at radius 1 is 0.379 bits per heavy atom. The van der Waals surface area contributed by atoms with Crippen LogP contribution < -0.4 is 14.2 Å². The lowest BCUT2D eigenvalue weighted by atomic mass is 10.1. The molecule has 0 radical (unpaired) electrons. The summed E-state index contributed by atoms with van der Waals surface area (Å²) in [4.78, 5) is 33.9. The van der Waals surface area contributed by atoms with Crippen LogP contribution >= 0.6 is 0 Å². The zero-order valence-corrected chi connectivity index (χ0v) is 39.6. The maximum absolute atomic E-state index is 11.3. The normalized spacial score (nSPS) is 11.9. The van der Waals surface area contributed by atoms with Crippen molar-refractivity contribution in [1.29, 1.82) is 0 Å². The molecular formula is C54H74O12. The van der Waals surface area contributed by atoms with Gasteiger partial charge in [-0.3, -0.25) is 0 Å². The van der Waals surface area contributed by atoms with Gasteiger partial charge in [0.1, 0.15) is 23.4 Å². The molecule has 12 nitrogen and oxygen atoms in total. The molecule has 0 N–H and O–H groups in total. The minimum absolute atomic E-state index is 0.0917. The number of carbonyl (C=O) groups is 3. The summed E-state index contributed by atoms with van der Waals surface area (Å²) in [5.41, 5.74) is 2.74. The lowest BCUT2D eigenvalue weighted by Gasteiger charge is -2.18. The highest BCUT2D eigenvalue weighted by molar-refractivity contribution is 5.88. The maximum Gasteiger partial charge on any atom is 0.330 e. The minimum atomic E-state index is -0.380. The van der Waals surface area contributed by atoms with Crippen LogP contribution in [0.5, 0.6) is 17.2 Å². The van der Waals surface area contributed by atoms with E-state index in [-0.39, 0.29) is 24.0 Å². The molecule has 3 aromatic rings. The molecule has 0 aliphatic rings. The van der Waals surface area contributed by atoms with Crippen LogP contribution in [-0.2, 0) is 42.8 Å². The third kappa shape index (κ3) is 27.8. The third-order valence-corrected chi connectivity index (χ3v) is 10.4. The molecule has 0 heterocycles. The van der Waals surface area contributed by atoms with E-state index in [1.54, 1.807) is 18.2 Å². The van der Waals surface area contributed by atoms with Crippen LogP contribution in [0.15, 0.2) is 91.0 Å². The van der Waals surface area contributed by atoms with Gasteiger partial charge in [-0.2, -0.15) is 0 Å². The Morgan fingerprint density at radius 2 is 0.652 bits per heavy atom. The Labute approximate surface area is 393 Å². The van der Waals surface area contributed by atoms with Crippen molar-refractivity contribution >= 4 is 36.1 Å². The molecule has 0 bridgehead atoms. The van der Waals surface area contributed by atoms with Crippen molar-refractivity contribution in [1.82, 2.24) is 0 Å². The highest BCUT2D eigenvalue weighted by atomic mass is 16.6. The molecule has 0 spiro atoms. The van der Waals surface area contributed by atoms with Crippen molar-refractivity contribution in [2.45, 2.75) is 102 Å². The number of unbranched alkanes of at least 4 members (excludes halogenated alkanes) is 12. The summed E-state index contributed by atoms with van der Waals surface area (Å²) in [7, 11) is 4.08. The summed E-state index contributed by atoms with van der Waals surface area (Å²) in [6.07, 6.45) is 25.2. The van der Waals surface area contributed by atoms with Crippen LogP contribution in [-0.4, -0.2) is 98.2 Å². The van der Waals surface area contributed by atoms with Gasteiger partial charge >= 0.3 is 17.9 Å². The summed E-state index contributed by atoms with van der Waals surface area (Å²) in [5, 5.41) is 0. The van der Waals surface area contributed by atoms with Gasteiger partial charge in [-0.15, -0.1) is 0 Å². The zero-order chi connectivity index (χ0) is 47.1. The number of methoxy groups -OCH3 is 3. The fourth-order valence-electron chi connectivity index (χ4n) is 6.52. The molecule has 0 aromatic heterocycles. The van der Waals surface area contributed by atoms with Gasteiger partial charge in [-0.25, -0.2) is 14.4 Å². The van der Waals surface area contributed by atoms with Gasteiger partial charge in [0, 0.05) is 38.0 Å². The molecule has 12 heteroatoms. The molecule has 3 aromatic carbocycles. The molecule has 0 saturated heterocycles. The fraction of sp³-hybridized carbons (Fsp3) is 0.500. The van der Waals surface area contributed by atoms with Gasteiger partial charge in [-0.05, 0) is 110 Å². The lowest BCUT2D eigenvalue weighted by Crippen LogP contribution is -2.27. The highest BCUT2D eigenvalue weighted by Gasteiger charge is 2.11. The van der Waals surface area contributed by atoms with Gasteiger partial charge in [0.05, 0.1) is 54.4 Å². The topological polar surface area (TPSA) is 134 Å². The van der Waals surface area contributed by atoms with E-state index in [0.29, 0.717) is 52.9 Å². The van der Waals surface area contributed by atoms with Crippen LogP contribution in [0.1, 0.15) is 113 Å². The van der Waals surface area contributed by atoms with E-state index in [9.17, 15) is 14.4 Å². The first-order valence-electron chi connectivity index (χ1n) is 23.6. The van der Waals surface area contributed by atoms with Crippen molar-refractivity contribution in [3.05, 3.63) is 108 Å². The summed E-state index contributed by atoms with van der Waals surface area (Å²) < 4.78 is 50.0. The van der Waals surface area contributed by atoms with Gasteiger partial charge in [0.2, 0.25) is 0 Å². The molecular weight excluding hydrogens is 841 g/mol. The van der Waals surface area contributed by atoms with Crippen molar-refractivity contribution in [2.24, 2.45) is 0 Å². The quantitative estimate of drug-likeness (QED) is 0.0234. The van der Waals surface area contributed by atoms with E-state index in [0.717, 1.165) is 130 Å². The second-order valence-corrected chi connectivity index (χ2v) is 15.8. The first-order valence-corrected chi connectivity index (χ1v) is 23.6. The Hall–Kier alpha value is -5.43. The van der Waals surface area contributed by atoms with Crippen LogP contribution in [0.3, 0.4) is 0 Å². The summed E-state index contributed by atoms with van der Waals surface area (Å²) in [6, 6.07) is 23.0. The Morgan fingerprint density at radius 3 is 0.955 bits per heavy atom. The van der Waals surface area contributed by atoms with E-state index in [1.807, 2.05) is 72.8 Å². The number of carbonyl (C=O) groups excluding carboxylic acids is 3. The lowest BCUT2D eigenvalue weighted by molar-refractivity contribution is -0.135. The van der Waals surface area contributed by atoms with E-state index in [1.165, 1.54) is 39.6 Å². The third-order valence-electron chi connectivity index (χ3n) is 10.4. The molecule has 0 aliphatic carbocycles. The van der Waals surface area contributed by atoms with Gasteiger partial charge < -0.3 is 42.6 Å². The average molecular weight is 915 g/mol. The molecule has 0 fully saturated rings. The standard InChI is InChI=1S/C54H74O12/c1-58-52(55)34-25-45-19-28-48(29-20-45)63-39-15-9-4-7-13-37-61-43-51(66-42-18-12-6-11-17-41-65-50-32-23-47(24-33-50)27-36-54(57)60-3)44-62-38-14-8-5-10-16-40-64-49-30-21-46(22-31-49)26-35-53(56)59-2/h19-36,51H,4-18,37-44H2,1-3H3. The first-order chi connectivity index (χ1) is 32.4. The molecule has 0 atom stereocenters. The van der Waals surface area contributed by atoms with Crippen LogP contribution in [0.25, 0.3) is 18.2 Å². The number of hydrogen-bond donors (Lipinski definition) is 0. The maximum atomic E-state index is 11.3. The number of benzene rings is 3. The molecule has 3 rings (SSSR count). The average Bonchev–Trinajstić information content (AvgIpc) is 3.35. The molecule has 0 aliphatic heterocycles. The van der Waals surface area contributed by atoms with Crippen molar-refractivity contribution in [2.75, 3.05) is 74.2 Å². The minimum Gasteiger partial charge on any atom is -0.494 e. The summed E-state index contributed by atoms with van der Waals surface area (Å²) in [5.74, 6) is 1.32. The van der Waals surface area contributed by atoms with E-state index >= 15 is 0 Å². The van der Waals surface area contributed by atoms with Gasteiger partial charge in [-0.1, -0.05) is 94.2 Å². The summed E-state index contributed by atoms with van der Waals surface area (Å²) in [6.45, 7) is 5.15. The Balaban J connectivity index is 1.25. The number of rotatable bonds is 38.